The van der Waals surface area contributed by atoms with Crippen LogP contribution in [0, 0.1) is 0 Å². The summed E-state index contributed by atoms with van der Waals surface area (Å²) in [7, 11) is 0. The predicted octanol–water partition coefficient (Wildman–Crippen LogP) is 5.17. The fraction of sp³-hybridized carbons (Fsp3) is 0.414. The molecule has 218 valence electrons. The van der Waals surface area contributed by atoms with Gasteiger partial charge in [-0.15, -0.1) is 0 Å². The van der Waals surface area contributed by atoms with Crippen molar-refractivity contribution in [2.75, 3.05) is 13.2 Å². The van der Waals surface area contributed by atoms with E-state index in [0.29, 0.717) is 31.4 Å². The average molecular weight is 573 g/mol. The molecule has 0 bridgehead atoms. The summed E-state index contributed by atoms with van der Waals surface area (Å²) in [4.78, 5) is 43.6. The van der Waals surface area contributed by atoms with Crippen LogP contribution < -0.4 is 5.32 Å². The Morgan fingerprint density at radius 3 is 2.46 bits per heavy atom. The number of alkyl halides is 3. The van der Waals surface area contributed by atoms with Crippen LogP contribution in [0.3, 0.4) is 0 Å². The number of carbonyl (C=O) groups excluding carboxylic acids is 3. The fourth-order valence-electron chi connectivity index (χ4n) is 4.82. The molecule has 12 heteroatoms. The van der Waals surface area contributed by atoms with Gasteiger partial charge in [0.05, 0.1) is 12.6 Å². The van der Waals surface area contributed by atoms with Crippen LogP contribution in [-0.4, -0.2) is 58.1 Å². The molecule has 1 aliphatic rings. The number of hydrogen-bond acceptors (Lipinski definition) is 7. The van der Waals surface area contributed by atoms with E-state index in [-0.39, 0.29) is 30.6 Å². The molecule has 3 aromatic rings. The lowest BCUT2D eigenvalue weighted by molar-refractivity contribution is -0.159. The van der Waals surface area contributed by atoms with E-state index in [1.54, 1.807) is 38.1 Å². The average Bonchev–Trinajstić information content (AvgIpc) is 3.48. The van der Waals surface area contributed by atoms with Crippen molar-refractivity contribution < 1.29 is 36.8 Å². The molecule has 1 saturated heterocycles. The number of ketones is 1. The third kappa shape index (κ3) is 7.50. The van der Waals surface area contributed by atoms with Crippen LogP contribution in [-0.2, 0) is 26.9 Å². The van der Waals surface area contributed by atoms with Crippen molar-refractivity contribution >= 4 is 17.8 Å². The minimum atomic E-state index is -4.73. The second-order valence-electron chi connectivity index (χ2n) is 9.85. The zero-order valence-corrected chi connectivity index (χ0v) is 22.7. The van der Waals surface area contributed by atoms with Crippen LogP contribution >= 0.6 is 0 Å². The van der Waals surface area contributed by atoms with Crippen LogP contribution in [0.15, 0.2) is 59.1 Å². The number of benzene rings is 2. The Morgan fingerprint density at radius 2 is 1.83 bits per heavy atom. The van der Waals surface area contributed by atoms with Gasteiger partial charge in [0.15, 0.2) is 5.78 Å². The fourth-order valence-corrected chi connectivity index (χ4v) is 4.82. The number of nitrogens with one attached hydrogen (secondary N) is 1. The maximum atomic E-state index is 13.3. The van der Waals surface area contributed by atoms with Gasteiger partial charge in [0.2, 0.25) is 11.7 Å². The number of piperidine rings is 1. The number of aromatic nitrogens is 2. The molecule has 0 aliphatic carbocycles. The lowest BCUT2D eigenvalue weighted by Crippen LogP contribution is -2.55. The Labute approximate surface area is 235 Å². The number of hydrogen-bond donors (Lipinski definition) is 1. The highest BCUT2D eigenvalue weighted by Crippen LogP contribution is 2.32. The van der Waals surface area contributed by atoms with Gasteiger partial charge in [-0.2, -0.15) is 18.2 Å². The third-order valence-electron chi connectivity index (χ3n) is 7.06. The smallest absolute Gasteiger partial charge is 0.450 e. The van der Waals surface area contributed by atoms with E-state index in [0.717, 1.165) is 11.1 Å². The topological polar surface area (TPSA) is 115 Å². The summed E-state index contributed by atoms with van der Waals surface area (Å²) in [5, 5.41) is 6.13. The molecule has 0 spiro atoms. The summed E-state index contributed by atoms with van der Waals surface area (Å²) >= 11 is 0. The number of Topliss-reactive ketones (excluding diaryl/α,β-unsaturated/α-hetero) is 1. The second-order valence-corrected chi connectivity index (χ2v) is 9.85. The molecule has 4 rings (SSSR count). The lowest BCUT2D eigenvalue weighted by atomic mass is 9.85. The Balaban J connectivity index is 1.34. The van der Waals surface area contributed by atoms with E-state index in [1.807, 2.05) is 30.3 Å². The molecule has 1 aliphatic heterocycles. The highest BCUT2D eigenvalue weighted by Gasteiger charge is 2.39. The number of amides is 2. The second kappa shape index (κ2) is 13.0. The van der Waals surface area contributed by atoms with E-state index in [4.69, 9.17) is 4.74 Å². The number of rotatable bonds is 9. The summed E-state index contributed by atoms with van der Waals surface area (Å²) < 4.78 is 47.5. The van der Waals surface area contributed by atoms with Crippen molar-refractivity contribution in [3.05, 3.63) is 71.6 Å². The SMILES string of the molecule is CCOC(=O)N1CC[C@H](c2ccccc2)C[C@@H]1C(=O)N[C@@H](C)C(=O)CCc1ccc(-c2noc(C(F)(F)F)n2)cc1. The van der Waals surface area contributed by atoms with E-state index >= 15 is 0 Å². The lowest BCUT2D eigenvalue weighted by Gasteiger charge is -2.38. The maximum Gasteiger partial charge on any atom is 0.471 e. The van der Waals surface area contributed by atoms with Crippen LogP contribution in [0.1, 0.15) is 56.0 Å². The molecule has 41 heavy (non-hydrogen) atoms. The van der Waals surface area contributed by atoms with Gasteiger partial charge in [-0.1, -0.05) is 59.8 Å². The molecule has 9 nitrogen and oxygen atoms in total. The van der Waals surface area contributed by atoms with Gasteiger partial charge < -0.3 is 14.6 Å². The predicted molar refractivity (Wildman–Crippen MR) is 142 cm³/mol. The molecule has 2 amide bonds. The summed E-state index contributed by atoms with van der Waals surface area (Å²) in [6, 6.07) is 14.7. The van der Waals surface area contributed by atoms with Crippen LogP contribution in [0.4, 0.5) is 18.0 Å². The van der Waals surface area contributed by atoms with Gasteiger partial charge >= 0.3 is 18.2 Å². The molecule has 1 N–H and O–H groups in total. The van der Waals surface area contributed by atoms with Crippen LogP contribution in [0.5, 0.6) is 0 Å². The van der Waals surface area contributed by atoms with Crippen molar-refractivity contribution in [2.45, 2.75) is 63.7 Å². The summed E-state index contributed by atoms with van der Waals surface area (Å²) in [5.74, 6) is -2.15. The zero-order valence-electron chi connectivity index (χ0n) is 22.7. The van der Waals surface area contributed by atoms with Gasteiger partial charge in [0.25, 0.3) is 0 Å². The monoisotopic (exact) mass is 572 g/mol. The summed E-state index contributed by atoms with van der Waals surface area (Å²) in [5.41, 5.74) is 2.20. The van der Waals surface area contributed by atoms with Crippen molar-refractivity contribution in [3.8, 4) is 11.4 Å². The first-order chi connectivity index (χ1) is 19.6. The molecule has 1 aromatic heterocycles. The third-order valence-corrected chi connectivity index (χ3v) is 7.06. The zero-order chi connectivity index (χ0) is 29.6. The molecular formula is C29H31F3N4O5. The van der Waals surface area contributed by atoms with Gasteiger partial charge in [-0.25, -0.2) is 4.79 Å². The Kier molecular flexibility index (Phi) is 9.41. The number of nitrogens with zero attached hydrogens (tertiary/aromatic N) is 3. The molecule has 0 unspecified atom stereocenters. The van der Waals surface area contributed by atoms with Gasteiger partial charge in [0, 0.05) is 18.5 Å². The first-order valence-corrected chi connectivity index (χ1v) is 13.4. The van der Waals surface area contributed by atoms with E-state index in [9.17, 15) is 27.6 Å². The van der Waals surface area contributed by atoms with E-state index < -0.39 is 36.2 Å². The molecule has 1 fully saturated rings. The number of ether oxygens (including phenoxy) is 1. The molecular weight excluding hydrogens is 541 g/mol. The highest BCUT2D eigenvalue weighted by atomic mass is 19.4. The number of halogens is 3. The molecule has 2 heterocycles. The quantitative estimate of drug-likeness (QED) is 0.376. The number of carbonyl (C=O) groups is 3. The van der Waals surface area contributed by atoms with E-state index in [1.165, 1.54) is 4.90 Å². The summed E-state index contributed by atoms with van der Waals surface area (Å²) in [6.07, 6.45) is -3.70. The summed E-state index contributed by atoms with van der Waals surface area (Å²) in [6.45, 7) is 3.85. The van der Waals surface area contributed by atoms with Gasteiger partial charge in [-0.3, -0.25) is 14.5 Å². The minimum absolute atomic E-state index is 0.0825. The Bertz CT molecular complexity index is 1340. The van der Waals surface area contributed by atoms with Gasteiger partial charge in [-0.05, 0) is 50.2 Å². The molecule has 2 aromatic carbocycles. The number of likely N-dealkylation sites (tertiary alicyclic amines) is 1. The standard InChI is InChI=1S/C29H31F3N4O5/c1-3-40-28(39)36-16-15-22(20-7-5-4-6-8-20)17-23(36)26(38)33-18(2)24(37)14-11-19-9-12-21(13-10-19)25-34-27(41-35-25)29(30,31)32/h4-10,12-13,18,22-23H,3,11,14-17H2,1-2H3,(H,33,38)/t18-,22-,23+/m0/s1. The first kappa shape index (κ1) is 29.8. The van der Waals surface area contributed by atoms with Crippen molar-refractivity contribution in [1.82, 2.24) is 20.4 Å². The first-order valence-electron chi connectivity index (χ1n) is 13.4. The molecule has 0 radical (unpaired) electrons. The van der Waals surface area contributed by atoms with Crippen molar-refractivity contribution in [1.29, 1.82) is 0 Å². The van der Waals surface area contributed by atoms with Crippen LogP contribution in [0.2, 0.25) is 0 Å². The Morgan fingerprint density at radius 1 is 1.12 bits per heavy atom. The highest BCUT2D eigenvalue weighted by molar-refractivity contribution is 5.92. The maximum absolute atomic E-state index is 13.3. The largest absolute Gasteiger partial charge is 0.471 e. The normalized spacial score (nSPS) is 18.0. The molecule has 3 atom stereocenters. The molecule has 0 saturated carbocycles. The Hall–Kier alpha value is -4.22. The number of aryl methyl sites for hydroxylation is 1. The van der Waals surface area contributed by atoms with E-state index in [2.05, 4.69) is 20.0 Å². The minimum Gasteiger partial charge on any atom is -0.450 e. The van der Waals surface area contributed by atoms with Gasteiger partial charge in [0.1, 0.15) is 6.04 Å². The van der Waals surface area contributed by atoms with Crippen molar-refractivity contribution in [2.24, 2.45) is 0 Å². The van der Waals surface area contributed by atoms with Crippen LogP contribution in [0.25, 0.3) is 11.4 Å². The van der Waals surface area contributed by atoms with Crippen molar-refractivity contribution in [3.63, 3.8) is 0 Å².